The third-order valence-electron chi connectivity index (χ3n) is 2.29. The van der Waals surface area contributed by atoms with Gasteiger partial charge >= 0.3 is 0 Å². The number of nitrogens with zero attached hydrogens (tertiary/aromatic N) is 1. The Bertz CT molecular complexity index is 421. The van der Waals surface area contributed by atoms with Gasteiger partial charge in [-0.2, -0.15) is 0 Å². The molecule has 0 saturated heterocycles. The largest absolute Gasteiger partial charge is 0.397 e. The van der Waals surface area contributed by atoms with Gasteiger partial charge in [0, 0.05) is 13.1 Å². The summed E-state index contributed by atoms with van der Waals surface area (Å²) in [4.78, 5) is 13.6. The maximum Gasteiger partial charge on any atom is 0.256 e. The lowest BCUT2D eigenvalue weighted by molar-refractivity contribution is 0.0744. The number of para-hydroxylation sites is 1. The fourth-order valence-corrected chi connectivity index (χ4v) is 1.62. The first-order valence-electron chi connectivity index (χ1n) is 5.16. The minimum Gasteiger partial charge on any atom is -0.397 e. The van der Waals surface area contributed by atoms with Crippen LogP contribution in [-0.2, 0) is 0 Å². The molecule has 1 amide bonds. The number of benzene rings is 1. The summed E-state index contributed by atoms with van der Waals surface area (Å²) in [7, 11) is 0. The normalized spacial score (nSPS) is 10.0. The van der Waals surface area contributed by atoms with Crippen LogP contribution in [0.5, 0.6) is 0 Å². The lowest BCUT2D eigenvalue weighted by Gasteiger charge is -2.21. The van der Waals surface area contributed by atoms with Crippen molar-refractivity contribution in [3.05, 3.63) is 41.4 Å². The van der Waals surface area contributed by atoms with E-state index in [1.165, 1.54) is 4.90 Å². The Labute approximate surface area is 105 Å². The minimum absolute atomic E-state index is 0.111. The number of rotatable bonds is 5. The van der Waals surface area contributed by atoms with Gasteiger partial charge < -0.3 is 15.7 Å². The monoisotopic (exact) mass is 254 g/mol. The maximum atomic E-state index is 12.1. The molecule has 0 bridgehead atoms. The average molecular weight is 255 g/mol. The fourth-order valence-electron chi connectivity index (χ4n) is 1.45. The highest BCUT2D eigenvalue weighted by Crippen LogP contribution is 2.23. The fraction of sp³-hybridized carbons (Fsp3) is 0.250. The summed E-state index contributed by atoms with van der Waals surface area (Å²) in [5.41, 5.74) is 6.34. The first-order chi connectivity index (χ1) is 8.11. The summed E-state index contributed by atoms with van der Waals surface area (Å²) >= 11 is 5.85. The SMILES string of the molecule is C=CCN(CCO)C(=O)c1cccc(Cl)c1N. The number of anilines is 1. The van der Waals surface area contributed by atoms with Gasteiger partial charge in [0.15, 0.2) is 0 Å². The first kappa shape index (κ1) is 13.5. The number of carbonyl (C=O) groups excluding carboxylic acids is 1. The topological polar surface area (TPSA) is 66.6 Å². The number of halogens is 1. The molecule has 1 aromatic rings. The second-order valence-electron chi connectivity index (χ2n) is 3.46. The molecule has 1 rings (SSSR count). The van der Waals surface area contributed by atoms with Crippen molar-refractivity contribution in [1.82, 2.24) is 4.90 Å². The van der Waals surface area contributed by atoms with Gasteiger partial charge in [-0.05, 0) is 12.1 Å². The Morgan fingerprint density at radius 2 is 2.29 bits per heavy atom. The highest BCUT2D eigenvalue weighted by Gasteiger charge is 2.17. The number of aliphatic hydroxyl groups excluding tert-OH is 1. The van der Waals surface area contributed by atoms with Crippen LogP contribution in [0, 0.1) is 0 Å². The molecule has 0 aliphatic rings. The van der Waals surface area contributed by atoms with Crippen LogP contribution in [0.4, 0.5) is 5.69 Å². The third-order valence-corrected chi connectivity index (χ3v) is 2.62. The van der Waals surface area contributed by atoms with Crippen molar-refractivity contribution in [3.8, 4) is 0 Å². The smallest absolute Gasteiger partial charge is 0.256 e. The summed E-state index contributed by atoms with van der Waals surface area (Å²) in [6, 6.07) is 4.89. The quantitative estimate of drug-likeness (QED) is 0.619. The van der Waals surface area contributed by atoms with Gasteiger partial charge in [-0.25, -0.2) is 0 Å². The molecule has 0 saturated carbocycles. The third kappa shape index (κ3) is 3.22. The average Bonchev–Trinajstić information content (AvgIpc) is 2.31. The number of hydrogen-bond donors (Lipinski definition) is 2. The second-order valence-corrected chi connectivity index (χ2v) is 3.87. The van der Waals surface area contributed by atoms with Gasteiger partial charge in [-0.15, -0.1) is 6.58 Å². The molecular weight excluding hydrogens is 240 g/mol. The maximum absolute atomic E-state index is 12.1. The molecule has 0 aliphatic carbocycles. The molecule has 0 heterocycles. The van der Waals surface area contributed by atoms with Crippen molar-refractivity contribution in [2.75, 3.05) is 25.4 Å². The highest BCUT2D eigenvalue weighted by atomic mass is 35.5. The summed E-state index contributed by atoms with van der Waals surface area (Å²) in [5.74, 6) is -0.265. The zero-order valence-corrected chi connectivity index (χ0v) is 10.2. The zero-order valence-electron chi connectivity index (χ0n) is 9.40. The van der Waals surface area contributed by atoms with Crippen molar-refractivity contribution in [3.63, 3.8) is 0 Å². The van der Waals surface area contributed by atoms with E-state index in [0.29, 0.717) is 17.1 Å². The van der Waals surface area contributed by atoms with Crippen molar-refractivity contribution in [2.45, 2.75) is 0 Å². The van der Waals surface area contributed by atoms with Crippen molar-refractivity contribution >= 4 is 23.2 Å². The number of amides is 1. The Morgan fingerprint density at radius 1 is 1.59 bits per heavy atom. The van der Waals surface area contributed by atoms with Crippen LogP contribution < -0.4 is 5.73 Å². The van der Waals surface area contributed by atoms with Crippen LogP contribution in [0.25, 0.3) is 0 Å². The lowest BCUT2D eigenvalue weighted by Crippen LogP contribution is -2.34. The molecule has 0 fully saturated rings. The van der Waals surface area contributed by atoms with Crippen LogP contribution in [0.2, 0.25) is 5.02 Å². The lowest BCUT2D eigenvalue weighted by atomic mass is 10.1. The number of hydrogen-bond acceptors (Lipinski definition) is 3. The van der Waals surface area contributed by atoms with Gasteiger partial charge in [-0.1, -0.05) is 23.7 Å². The van der Waals surface area contributed by atoms with E-state index in [9.17, 15) is 4.79 Å². The van der Waals surface area contributed by atoms with Gasteiger partial charge in [0.25, 0.3) is 5.91 Å². The second kappa shape index (κ2) is 6.27. The van der Waals surface area contributed by atoms with Crippen LogP contribution in [0.3, 0.4) is 0 Å². The standard InChI is InChI=1S/C12H15ClN2O2/c1-2-6-15(7-8-16)12(17)9-4-3-5-10(13)11(9)14/h2-5,16H,1,6-8,14H2. The zero-order chi connectivity index (χ0) is 12.8. The first-order valence-corrected chi connectivity index (χ1v) is 5.54. The van der Waals surface area contributed by atoms with Crippen LogP contribution >= 0.6 is 11.6 Å². The van der Waals surface area contributed by atoms with E-state index in [0.717, 1.165) is 0 Å². The Morgan fingerprint density at radius 3 is 2.88 bits per heavy atom. The van der Waals surface area contributed by atoms with E-state index in [-0.39, 0.29) is 24.7 Å². The molecule has 0 aliphatic heterocycles. The van der Waals surface area contributed by atoms with Crippen LogP contribution in [-0.4, -0.2) is 35.6 Å². The molecule has 4 nitrogen and oxygen atoms in total. The van der Waals surface area contributed by atoms with Crippen LogP contribution in [0.1, 0.15) is 10.4 Å². The van der Waals surface area contributed by atoms with E-state index >= 15 is 0 Å². The van der Waals surface area contributed by atoms with E-state index < -0.39 is 0 Å². The van der Waals surface area contributed by atoms with E-state index in [1.54, 1.807) is 24.3 Å². The van der Waals surface area contributed by atoms with Gasteiger partial charge in [0.05, 0.1) is 22.9 Å². The predicted molar refractivity (Wildman–Crippen MR) is 69.1 cm³/mol. The van der Waals surface area contributed by atoms with E-state index in [1.807, 2.05) is 0 Å². The minimum atomic E-state index is -0.265. The molecule has 5 heteroatoms. The van der Waals surface area contributed by atoms with E-state index in [4.69, 9.17) is 22.4 Å². The van der Waals surface area contributed by atoms with Crippen molar-refractivity contribution in [2.24, 2.45) is 0 Å². The van der Waals surface area contributed by atoms with Gasteiger partial charge in [-0.3, -0.25) is 4.79 Å². The van der Waals surface area contributed by atoms with Gasteiger partial charge in [0.2, 0.25) is 0 Å². The van der Waals surface area contributed by atoms with E-state index in [2.05, 4.69) is 6.58 Å². The molecule has 0 spiro atoms. The van der Waals surface area contributed by atoms with Crippen molar-refractivity contribution in [1.29, 1.82) is 0 Å². The summed E-state index contributed by atoms with van der Waals surface area (Å²) in [5, 5.41) is 9.24. The molecule has 1 aromatic carbocycles. The number of nitrogens with two attached hydrogens (primary N) is 1. The number of aliphatic hydroxyl groups is 1. The van der Waals surface area contributed by atoms with Gasteiger partial charge in [0.1, 0.15) is 0 Å². The number of nitrogen functional groups attached to an aromatic ring is 1. The molecular formula is C12H15ClN2O2. The summed E-state index contributed by atoms with van der Waals surface area (Å²) in [6.07, 6.45) is 1.59. The molecule has 0 unspecified atom stereocenters. The molecule has 17 heavy (non-hydrogen) atoms. The Hall–Kier alpha value is -1.52. The number of carbonyl (C=O) groups is 1. The Kier molecular flexibility index (Phi) is 5.00. The molecule has 3 N–H and O–H groups in total. The molecule has 0 aromatic heterocycles. The predicted octanol–water partition coefficient (Wildman–Crippen LogP) is 1.54. The van der Waals surface area contributed by atoms with Crippen LogP contribution in [0.15, 0.2) is 30.9 Å². The summed E-state index contributed by atoms with van der Waals surface area (Å²) < 4.78 is 0. The summed E-state index contributed by atoms with van der Waals surface area (Å²) in [6.45, 7) is 4.04. The Balaban J connectivity index is 3.00. The molecule has 92 valence electrons. The highest BCUT2D eigenvalue weighted by molar-refractivity contribution is 6.33. The molecule has 0 atom stereocenters. The van der Waals surface area contributed by atoms with Crippen molar-refractivity contribution < 1.29 is 9.90 Å². The molecule has 0 radical (unpaired) electrons.